The van der Waals surface area contributed by atoms with E-state index in [4.69, 9.17) is 27.4 Å². The number of ether oxygens (including phenoxy) is 2. The molecule has 0 spiro atoms. The van der Waals surface area contributed by atoms with Gasteiger partial charge in [-0.2, -0.15) is 0 Å². The Kier molecular flexibility index (Phi) is 5.93. The van der Waals surface area contributed by atoms with Crippen LogP contribution >= 0.6 is 12.2 Å². The normalized spacial score (nSPS) is 20.4. The lowest BCUT2D eigenvalue weighted by molar-refractivity contribution is 0.0641. The maximum absolute atomic E-state index is 10.1. The monoisotopic (exact) mass is 310 g/mol. The van der Waals surface area contributed by atoms with Crippen LogP contribution in [0.25, 0.3) is 0 Å². The second-order valence-electron chi connectivity index (χ2n) is 5.23. The Balaban J connectivity index is 1.82. The van der Waals surface area contributed by atoms with Crippen LogP contribution in [0.2, 0.25) is 0 Å². The van der Waals surface area contributed by atoms with E-state index < -0.39 is 6.10 Å². The second kappa shape index (κ2) is 7.70. The molecule has 0 aliphatic carbocycles. The van der Waals surface area contributed by atoms with E-state index in [1.807, 2.05) is 18.2 Å². The third-order valence-corrected chi connectivity index (χ3v) is 3.84. The number of aliphatic hydroxyl groups excluding tert-OH is 1. The number of methoxy groups -OCH3 is 1. The van der Waals surface area contributed by atoms with Gasteiger partial charge in [-0.3, -0.25) is 4.90 Å². The fraction of sp³-hybridized carbons (Fsp3) is 0.533. The quantitative estimate of drug-likeness (QED) is 0.726. The predicted octanol–water partition coefficient (Wildman–Crippen LogP) is 0.781. The lowest BCUT2D eigenvalue weighted by atomic mass is 10.2. The third kappa shape index (κ3) is 4.64. The third-order valence-electron chi connectivity index (χ3n) is 3.62. The summed E-state index contributed by atoms with van der Waals surface area (Å²) >= 11 is 4.98. The van der Waals surface area contributed by atoms with Crippen molar-refractivity contribution >= 4 is 17.2 Å². The van der Waals surface area contributed by atoms with Gasteiger partial charge in [-0.05, 0) is 18.6 Å². The Hall–Kier alpha value is -1.21. The zero-order valence-electron chi connectivity index (χ0n) is 12.2. The number of β-amino-alcohol motifs (C(OH)–C–C–N with tert-alkyl or cyclic N) is 1. The maximum atomic E-state index is 10.1. The SMILES string of the molecule is COC1CCN(CC(O)COc2ccccc2C(N)=S)C1. The average molecular weight is 310 g/mol. The number of likely N-dealkylation sites (tertiary alicyclic amines) is 1. The van der Waals surface area contributed by atoms with E-state index in [0.29, 0.717) is 22.8 Å². The highest BCUT2D eigenvalue weighted by Crippen LogP contribution is 2.18. The number of aliphatic hydroxyl groups is 1. The molecule has 2 atom stereocenters. The van der Waals surface area contributed by atoms with Crippen LogP contribution in [0.1, 0.15) is 12.0 Å². The molecule has 0 bridgehead atoms. The molecule has 2 unspecified atom stereocenters. The Bertz CT molecular complexity index is 484. The number of para-hydroxylation sites is 1. The molecule has 1 heterocycles. The fourth-order valence-electron chi connectivity index (χ4n) is 2.49. The molecule has 21 heavy (non-hydrogen) atoms. The minimum absolute atomic E-state index is 0.216. The van der Waals surface area contributed by atoms with Crippen molar-refractivity contribution in [2.75, 3.05) is 33.4 Å². The standard InChI is InChI=1S/C15H22N2O3S/c1-19-12-6-7-17(9-12)8-11(18)10-20-14-5-3-2-4-13(14)15(16)21/h2-5,11-12,18H,6-10H2,1H3,(H2,16,21). The summed E-state index contributed by atoms with van der Waals surface area (Å²) in [6.07, 6.45) is 0.724. The van der Waals surface area contributed by atoms with E-state index in [0.717, 1.165) is 19.5 Å². The molecule has 5 nitrogen and oxygen atoms in total. The molecule has 6 heteroatoms. The summed E-state index contributed by atoms with van der Waals surface area (Å²) in [4.78, 5) is 2.48. The molecule has 0 aromatic heterocycles. The van der Waals surface area contributed by atoms with Gasteiger partial charge in [0.2, 0.25) is 0 Å². The van der Waals surface area contributed by atoms with Crippen molar-refractivity contribution in [3.63, 3.8) is 0 Å². The van der Waals surface area contributed by atoms with Crippen molar-refractivity contribution in [3.05, 3.63) is 29.8 Å². The van der Waals surface area contributed by atoms with Gasteiger partial charge in [0.25, 0.3) is 0 Å². The average Bonchev–Trinajstić information content (AvgIpc) is 2.93. The van der Waals surface area contributed by atoms with Gasteiger partial charge in [-0.25, -0.2) is 0 Å². The lowest BCUT2D eigenvalue weighted by Crippen LogP contribution is -2.35. The van der Waals surface area contributed by atoms with Gasteiger partial charge < -0.3 is 20.3 Å². The van der Waals surface area contributed by atoms with Crippen LogP contribution < -0.4 is 10.5 Å². The smallest absolute Gasteiger partial charge is 0.129 e. The van der Waals surface area contributed by atoms with E-state index in [-0.39, 0.29) is 12.7 Å². The summed E-state index contributed by atoms with van der Waals surface area (Å²) in [7, 11) is 1.72. The Morgan fingerprint density at radius 2 is 2.29 bits per heavy atom. The molecule has 0 radical (unpaired) electrons. The van der Waals surface area contributed by atoms with Crippen LogP contribution in [0, 0.1) is 0 Å². The summed E-state index contributed by atoms with van der Waals surface area (Å²) in [6, 6.07) is 7.33. The molecule has 116 valence electrons. The number of hydrogen-bond donors (Lipinski definition) is 2. The molecule has 1 aliphatic heterocycles. The summed E-state index contributed by atoms with van der Waals surface area (Å²) < 4.78 is 11.0. The topological polar surface area (TPSA) is 68.0 Å². The van der Waals surface area contributed by atoms with Gasteiger partial charge in [-0.1, -0.05) is 24.4 Å². The number of rotatable bonds is 7. The largest absolute Gasteiger partial charge is 0.490 e. The van der Waals surface area contributed by atoms with Crippen LogP contribution in [-0.2, 0) is 4.74 Å². The molecule has 1 saturated heterocycles. The molecular weight excluding hydrogens is 288 g/mol. The highest BCUT2D eigenvalue weighted by molar-refractivity contribution is 7.80. The number of thiocarbonyl (C=S) groups is 1. The molecule has 1 fully saturated rings. The number of benzene rings is 1. The first-order chi connectivity index (χ1) is 10.1. The van der Waals surface area contributed by atoms with Crippen molar-refractivity contribution in [2.45, 2.75) is 18.6 Å². The van der Waals surface area contributed by atoms with Gasteiger partial charge >= 0.3 is 0 Å². The Morgan fingerprint density at radius 1 is 1.52 bits per heavy atom. The lowest BCUT2D eigenvalue weighted by Gasteiger charge is -2.20. The van der Waals surface area contributed by atoms with Gasteiger partial charge in [0.05, 0.1) is 11.7 Å². The molecule has 2 rings (SSSR count). The van der Waals surface area contributed by atoms with E-state index in [2.05, 4.69) is 4.90 Å². The number of nitrogens with zero attached hydrogens (tertiary/aromatic N) is 1. The zero-order chi connectivity index (χ0) is 15.2. The van der Waals surface area contributed by atoms with E-state index in [1.165, 1.54) is 0 Å². The van der Waals surface area contributed by atoms with Gasteiger partial charge in [0, 0.05) is 26.7 Å². The molecule has 1 aromatic rings. The molecule has 1 aromatic carbocycles. The predicted molar refractivity (Wildman–Crippen MR) is 85.7 cm³/mol. The zero-order valence-corrected chi connectivity index (χ0v) is 13.0. The summed E-state index contributed by atoms with van der Waals surface area (Å²) in [6.45, 7) is 2.60. The van der Waals surface area contributed by atoms with E-state index in [1.54, 1.807) is 13.2 Å². The molecule has 0 amide bonds. The van der Waals surface area contributed by atoms with Crippen LogP contribution in [0.4, 0.5) is 0 Å². The van der Waals surface area contributed by atoms with Gasteiger partial charge in [0.15, 0.2) is 0 Å². The first kappa shape index (κ1) is 16.2. The van der Waals surface area contributed by atoms with Crippen LogP contribution in [0.15, 0.2) is 24.3 Å². The fourth-order valence-corrected chi connectivity index (χ4v) is 2.66. The second-order valence-corrected chi connectivity index (χ2v) is 5.67. The minimum Gasteiger partial charge on any atom is -0.490 e. The molecular formula is C15H22N2O3S. The minimum atomic E-state index is -0.556. The highest BCUT2D eigenvalue weighted by Gasteiger charge is 2.24. The van der Waals surface area contributed by atoms with E-state index in [9.17, 15) is 5.11 Å². The van der Waals surface area contributed by atoms with Gasteiger partial charge in [0.1, 0.15) is 23.4 Å². The first-order valence-corrected chi connectivity index (χ1v) is 7.46. The van der Waals surface area contributed by atoms with Crippen LogP contribution in [-0.4, -0.2) is 60.6 Å². The van der Waals surface area contributed by atoms with Crippen molar-refractivity contribution in [1.82, 2.24) is 4.90 Å². The summed E-state index contributed by atoms with van der Waals surface area (Å²) in [5, 5.41) is 10.1. The maximum Gasteiger partial charge on any atom is 0.129 e. The van der Waals surface area contributed by atoms with Crippen LogP contribution in [0.3, 0.4) is 0 Å². The summed E-state index contributed by atoms with van der Waals surface area (Å²) in [5.74, 6) is 0.611. The van der Waals surface area contributed by atoms with Crippen molar-refractivity contribution < 1.29 is 14.6 Å². The molecule has 1 aliphatic rings. The highest BCUT2D eigenvalue weighted by atomic mass is 32.1. The first-order valence-electron chi connectivity index (χ1n) is 7.05. The Labute approximate surface area is 130 Å². The number of nitrogens with two attached hydrogens (primary N) is 1. The van der Waals surface area contributed by atoms with E-state index >= 15 is 0 Å². The number of hydrogen-bond acceptors (Lipinski definition) is 5. The van der Waals surface area contributed by atoms with Crippen molar-refractivity contribution in [3.8, 4) is 5.75 Å². The Morgan fingerprint density at radius 3 is 2.95 bits per heavy atom. The van der Waals surface area contributed by atoms with Gasteiger partial charge in [-0.15, -0.1) is 0 Å². The molecule has 0 saturated carbocycles. The van der Waals surface area contributed by atoms with Crippen molar-refractivity contribution in [2.24, 2.45) is 5.73 Å². The van der Waals surface area contributed by atoms with Crippen molar-refractivity contribution in [1.29, 1.82) is 0 Å². The summed E-state index contributed by atoms with van der Waals surface area (Å²) in [5.41, 5.74) is 6.35. The van der Waals surface area contributed by atoms with Crippen LogP contribution in [0.5, 0.6) is 5.75 Å². The molecule has 3 N–H and O–H groups in total.